The Morgan fingerprint density at radius 1 is 1.14 bits per heavy atom. The Balaban J connectivity index is 1.26. The summed E-state index contributed by atoms with van der Waals surface area (Å²) < 4.78 is 13.2. The topological polar surface area (TPSA) is 69.3 Å². The second-order valence-corrected chi connectivity index (χ2v) is 6.74. The smallest absolute Gasteiger partial charge is 0.220 e. The van der Waals surface area contributed by atoms with Crippen molar-refractivity contribution < 1.29 is 13.9 Å². The molecular weight excluding hydrogens is 366 g/mol. The minimum absolute atomic E-state index is 0.0153. The summed E-state index contributed by atoms with van der Waals surface area (Å²) in [6.07, 6.45) is 4.53. The average Bonchev–Trinajstić information content (AvgIpc) is 3.40. The van der Waals surface area contributed by atoms with E-state index in [9.17, 15) is 4.79 Å². The highest BCUT2D eigenvalue weighted by Crippen LogP contribution is 2.26. The number of fused-ring (bicyclic) bond motifs is 1. The van der Waals surface area contributed by atoms with Gasteiger partial charge in [-0.2, -0.15) is 0 Å². The molecule has 4 aromatic rings. The molecule has 0 fully saturated rings. The van der Waals surface area contributed by atoms with Crippen molar-refractivity contribution in [1.82, 2.24) is 14.9 Å². The van der Waals surface area contributed by atoms with Crippen molar-refractivity contribution >= 4 is 16.8 Å². The van der Waals surface area contributed by atoms with E-state index in [1.807, 2.05) is 60.8 Å². The summed E-state index contributed by atoms with van der Waals surface area (Å²) in [5.41, 5.74) is 2.07. The van der Waals surface area contributed by atoms with Crippen molar-refractivity contribution in [2.45, 2.75) is 19.4 Å². The summed E-state index contributed by atoms with van der Waals surface area (Å²) >= 11 is 0. The van der Waals surface area contributed by atoms with E-state index in [1.165, 1.54) is 0 Å². The average molecular weight is 389 g/mol. The van der Waals surface area contributed by atoms with Crippen LogP contribution in [0.3, 0.4) is 0 Å². The number of aromatic nitrogens is 2. The zero-order valence-corrected chi connectivity index (χ0v) is 16.3. The van der Waals surface area contributed by atoms with Gasteiger partial charge in [0.1, 0.15) is 5.75 Å². The van der Waals surface area contributed by atoms with Crippen LogP contribution in [-0.2, 0) is 17.8 Å². The quantitative estimate of drug-likeness (QED) is 0.494. The van der Waals surface area contributed by atoms with E-state index in [2.05, 4.69) is 14.9 Å². The van der Waals surface area contributed by atoms with Gasteiger partial charge in [0.05, 0.1) is 18.8 Å². The van der Waals surface area contributed by atoms with Crippen molar-refractivity contribution in [2.75, 3.05) is 13.7 Å². The second kappa shape index (κ2) is 8.65. The molecule has 0 aliphatic rings. The van der Waals surface area contributed by atoms with Crippen molar-refractivity contribution in [3.05, 3.63) is 72.9 Å². The molecular formula is C23H23N3O3. The summed E-state index contributed by atoms with van der Waals surface area (Å²) in [5.74, 6) is 2.13. The fourth-order valence-corrected chi connectivity index (χ4v) is 3.35. The van der Waals surface area contributed by atoms with Crippen LogP contribution in [0.1, 0.15) is 12.3 Å². The van der Waals surface area contributed by atoms with Gasteiger partial charge in [-0.15, -0.1) is 0 Å². The SMILES string of the molecule is COc1cccc2c1ccn2CCNC(=O)CCc1ncc(-c2ccccc2)o1. The Hall–Kier alpha value is -3.54. The lowest BCUT2D eigenvalue weighted by Crippen LogP contribution is -2.27. The van der Waals surface area contributed by atoms with Crippen LogP contribution in [0.25, 0.3) is 22.2 Å². The van der Waals surface area contributed by atoms with Crippen LogP contribution < -0.4 is 10.1 Å². The maximum atomic E-state index is 12.2. The highest BCUT2D eigenvalue weighted by atomic mass is 16.5. The van der Waals surface area contributed by atoms with E-state index in [4.69, 9.17) is 9.15 Å². The number of oxazole rings is 1. The van der Waals surface area contributed by atoms with Crippen molar-refractivity contribution in [3.8, 4) is 17.1 Å². The van der Waals surface area contributed by atoms with Gasteiger partial charge in [-0.1, -0.05) is 36.4 Å². The van der Waals surface area contributed by atoms with Gasteiger partial charge in [0.2, 0.25) is 5.91 Å². The van der Waals surface area contributed by atoms with Crippen LogP contribution in [0.4, 0.5) is 0 Å². The molecule has 0 saturated carbocycles. The van der Waals surface area contributed by atoms with Gasteiger partial charge >= 0.3 is 0 Å². The van der Waals surface area contributed by atoms with Crippen molar-refractivity contribution in [2.24, 2.45) is 0 Å². The zero-order valence-electron chi connectivity index (χ0n) is 16.3. The fraction of sp³-hybridized carbons (Fsp3) is 0.217. The fourth-order valence-electron chi connectivity index (χ4n) is 3.35. The van der Waals surface area contributed by atoms with E-state index in [0.717, 1.165) is 28.0 Å². The number of rotatable bonds is 8. The highest BCUT2D eigenvalue weighted by Gasteiger charge is 2.09. The van der Waals surface area contributed by atoms with Gasteiger partial charge in [0, 0.05) is 43.1 Å². The Kier molecular flexibility index (Phi) is 5.61. The van der Waals surface area contributed by atoms with E-state index in [-0.39, 0.29) is 5.91 Å². The third-order valence-corrected chi connectivity index (χ3v) is 4.85. The number of carbonyl (C=O) groups excluding carboxylic acids is 1. The molecule has 0 spiro atoms. The number of methoxy groups -OCH3 is 1. The number of nitrogens with one attached hydrogen (secondary N) is 1. The molecule has 0 aliphatic heterocycles. The molecule has 148 valence electrons. The number of amides is 1. The van der Waals surface area contributed by atoms with Crippen molar-refractivity contribution in [1.29, 1.82) is 0 Å². The summed E-state index contributed by atoms with van der Waals surface area (Å²) in [7, 11) is 1.67. The van der Waals surface area contributed by atoms with Crippen LogP contribution in [0.15, 0.2) is 71.4 Å². The number of hydrogen-bond acceptors (Lipinski definition) is 4. The molecule has 29 heavy (non-hydrogen) atoms. The molecule has 2 heterocycles. The largest absolute Gasteiger partial charge is 0.496 e. The zero-order chi connectivity index (χ0) is 20.1. The molecule has 0 aliphatic carbocycles. The highest BCUT2D eigenvalue weighted by molar-refractivity contribution is 5.86. The first kappa shape index (κ1) is 18.8. The molecule has 6 nitrogen and oxygen atoms in total. The maximum absolute atomic E-state index is 12.2. The molecule has 1 amide bonds. The van der Waals surface area contributed by atoms with Crippen LogP contribution >= 0.6 is 0 Å². The number of hydrogen-bond donors (Lipinski definition) is 1. The van der Waals surface area contributed by atoms with Gasteiger partial charge in [-0.3, -0.25) is 4.79 Å². The Morgan fingerprint density at radius 3 is 2.83 bits per heavy atom. The minimum Gasteiger partial charge on any atom is -0.496 e. The number of aryl methyl sites for hydroxylation is 1. The predicted octanol–water partition coefficient (Wildman–Crippen LogP) is 4.05. The van der Waals surface area contributed by atoms with Crippen molar-refractivity contribution in [3.63, 3.8) is 0 Å². The number of carbonyl (C=O) groups is 1. The summed E-state index contributed by atoms with van der Waals surface area (Å²) in [6.45, 7) is 1.25. The standard InChI is InChI=1S/C23H23N3O3/c1-28-20-9-5-8-19-18(20)12-14-26(19)15-13-24-22(27)10-11-23-25-16-21(29-23)17-6-3-2-4-7-17/h2-9,12,14,16H,10-11,13,15H2,1H3,(H,24,27). The van der Waals surface area contributed by atoms with Gasteiger partial charge in [-0.05, 0) is 18.2 Å². The molecule has 2 aromatic carbocycles. The second-order valence-electron chi connectivity index (χ2n) is 6.74. The van der Waals surface area contributed by atoms with E-state index < -0.39 is 0 Å². The third kappa shape index (κ3) is 4.32. The molecule has 0 saturated heterocycles. The molecule has 1 N–H and O–H groups in total. The number of ether oxygens (including phenoxy) is 1. The predicted molar refractivity (Wildman–Crippen MR) is 112 cm³/mol. The molecule has 0 atom stereocenters. The lowest BCUT2D eigenvalue weighted by Gasteiger charge is -2.08. The normalized spacial score (nSPS) is 10.9. The molecule has 6 heteroatoms. The maximum Gasteiger partial charge on any atom is 0.220 e. The third-order valence-electron chi connectivity index (χ3n) is 4.85. The number of benzene rings is 2. The van der Waals surface area contributed by atoms with Gasteiger partial charge in [-0.25, -0.2) is 4.98 Å². The van der Waals surface area contributed by atoms with Gasteiger partial charge in [0.15, 0.2) is 11.7 Å². The van der Waals surface area contributed by atoms with E-state index in [0.29, 0.717) is 31.8 Å². The lowest BCUT2D eigenvalue weighted by atomic mass is 10.2. The van der Waals surface area contributed by atoms with Crippen LogP contribution in [0.5, 0.6) is 5.75 Å². The van der Waals surface area contributed by atoms with Crippen LogP contribution in [0, 0.1) is 0 Å². The van der Waals surface area contributed by atoms with Gasteiger partial charge in [0.25, 0.3) is 0 Å². The summed E-state index contributed by atoms with van der Waals surface area (Å²) in [5, 5.41) is 4.03. The van der Waals surface area contributed by atoms with Gasteiger partial charge < -0.3 is 19.0 Å². The molecule has 4 rings (SSSR count). The Bertz CT molecular complexity index is 1100. The molecule has 0 unspecified atom stereocenters. The monoisotopic (exact) mass is 389 g/mol. The van der Waals surface area contributed by atoms with Crippen LogP contribution in [0.2, 0.25) is 0 Å². The first-order valence-corrected chi connectivity index (χ1v) is 9.63. The summed E-state index contributed by atoms with van der Waals surface area (Å²) in [4.78, 5) is 16.4. The lowest BCUT2D eigenvalue weighted by molar-refractivity contribution is -0.121. The first-order valence-electron chi connectivity index (χ1n) is 9.63. The molecule has 0 bridgehead atoms. The minimum atomic E-state index is -0.0153. The molecule has 2 aromatic heterocycles. The van der Waals surface area contributed by atoms with Crippen LogP contribution in [-0.4, -0.2) is 29.1 Å². The number of nitrogens with zero attached hydrogens (tertiary/aromatic N) is 2. The first-order chi connectivity index (χ1) is 14.2. The Labute approximate surface area is 169 Å². The molecule has 0 radical (unpaired) electrons. The van der Waals surface area contributed by atoms with E-state index >= 15 is 0 Å². The Morgan fingerprint density at radius 2 is 2.00 bits per heavy atom. The summed E-state index contributed by atoms with van der Waals surface area (Å²) in [6, 6.07) is 17.8. The van der Waals surface area contributed by atoms with E-state index in [1.54, 1.807) is 13.3 Å².